The highest BCUT2D eigenvalue weighted by molar-refractivity contribution is 5.96. The number of carbonyl (C=O) groups excluding carboxylic acids is 6. The quantitative estimate of drug-likeness (QED) is 0.0556. The molecule has 15 nitrogen and oxygen atoms in total. The van der Waals surface area contributed by atoms with E-state index in [1.165, 1.54) is 13.8 Å². The zero-order chi connectivity index (χ0) is 34.8. The Bertz CT molecular complexity index is 1330. The van der Waals surface area contributed by atoms with Gasteiger partial charge in [-0.15, -0.1) is 0 Å². The van der Waals surface area contributed by atoms with Crippen LogP contribution in [0.15, 0.2) is 30.5 Å². The Morgan fingerprint density at radius 1 is 0.766 bits per heavy atom. The smallest absolute Gasteiger partial charge is 0.243 e. The maximum Gasteiger partial charge on any atom is 0.243 e. The molecular formula is C32H50N8O7. The molecule has 260 valence electrons. The standard InChI is InChI=1S/C32H50N8O7/c1-20(19-42)36-29(44)27(13-16-41)39-31(46)26(12-6-8-15-34)38-32(47)28(17-22-18-35-24-10-4-3-9-23(22)24)40-30(45)25(37-21(2)43)11-5-7-14-33/h3-4,9-10,18-20,25-28,35,41H,5-8,11-17,33-34H2,1-2H3,(H,36,44)(H,37,43)(H,38,47)(H,39,46)(H,40,45)/t20-,25-,26-,27-,28-/m0/s1. The van der Waals surface area contributed by atoms with Crippen molar-refractivity contribution >= 4 is 46.7 Å². The second-order valence-electron chi connectivity index (χ2n) is 11.5. The molecule has 1 aromatic heterocycles. The molecule has 0 radical (unpaired) electrons. The summed E-state index contributed by atoms with van der Waals surface area (Å²) in [6, 6.07) is 2.31. The number of amides is 5. The van der Waals surface area contributed by atoms with E-state index in [4.69, 9.17) is 11.5 Å². The van der Waals surface area contributed by atoms with Crippen molar-refractivity contribution in [2.75, 3.05) is 19.7 Å². The minimum atomic E-state index is -1.17. The largest absolute Gasteiger partial charge is 0.396 e. The fourth-order valence-corrected chi connectivity index (χ4v) is 5.07. The Morgan fingerprint density at radius 3 is 1.83 bits per heavy atom. The van der Waals surface area contributed by atoms with Crippen LogP contribution in [0.3, 0.4) is 0 Å². The highest BCUT2D eigenvalue weighted by Gasteiger charge is 2.31. The number of carbonyl (C=O) groups is 6. The number of aromatic nitrogens is 1. The third-order valence-electron chi connectivity index (χ3n) is 7.58. The predicted octanol–water partition coefficient (Wildman–Crippen LogP) is -0.986. The number of aromatic amines is 1. The Hall–Kier alpha value is -4.34. The summed E-state index contributed by atoms with van der Waals surface area (Å²) in [5.41, 5.74) is 12.8. The maximum atomic E-state index is 13.9. The van der Waals surface area contributed by atoms with Crippen LogP contribution < -0.4 is 38.1 Å². The van der Waals surface area contributed by atoms with E-state index in [-0.39, 0.29) is 19.3 Å². The first kappa shape index (κ1) is 38.8. The van der Waals surface area contributed by atoms with E-state index in [2.05, 4.69) is 31.6 Å². The van der Waals surface area contributed by atoms with Crippen LogP contribution in [0.25, 0.3) is 10.9 Å². The molecule has 47 heavy (non-hydrogen) atoms. The number of aldehydes is 1. The van der Waals surface area contributed by atoms with Gasteiger partial charge in [0.15, 0.2) is 0 Å². The average Bonchev–Trinajstić information content (AvgIpc) is 3.45. The van der Waals surface area contributed by atoms with E-state index in [0.717, 1.165) is 16.5 Å². The first-order valence-electron chi connectivity index (χ1n) is 16.0. The van der Waals surface area contributed by atoms with E-state index in [1.54, 1.807) is 6.20 Å². The number of aliphatic hydroxyl groups is 1. The molecule has 1 aromatic carbocycles. The number of nitrogens with two attached hydrogens (primary N) is 2. The number of unbranched alkanes of at least 4 members (excludes halogenated alkanes) is 2. The first-order chi connectivity index (χ1) is 22.5. The second-order valence-corrected chi connectivity index (χ2v) is 11.5. The van der Waals surface area contributed by atoms with Crippen LogP contribution in [0.2, 0.25) is 0 Å². The summed E-state index contributed by atoms with van der Waals surface area (Å²) in [5, 5.41) is 23.5. The van der Waals surface area contributed by atoms with Crippen LogP contribution in [-0.2, 0) is 35.2 Å². The van der Waals surface area contributed by atoms with E-state index < -0.39 is 66.4 Å². The molecule has 0 aliphatic heterocycles. The van der Waals surface area contributed by atoms with Crippen molar-refractivity contribution in [3.8, 4) is 0 Å². The summed E-state index contributed by atoms with van der Waals surface area (Å²) in [6.45, 7) is 3.13. The molecular weight excluding hydrogens is 608 g/mol. The van der Waals surface area contributed by atoms with Crippen molar-refractivity contribution in [3.05, 3.63) is 36.0 Å². The van der Waals surface area contributed by atoms with Gasteiger partial charge in [-0.1, -0.05) is 18.2 Å². The lowest BCUT2D eigenvalue weighted by Gasteiger charge is -2.26. The zero-order valence-corrected chi connectivity index (χ0v) is 27.2. The molecule has 2 rings (SSSR count). The van der Waals surface area contributed by atoms with Crippen molar-refractivity contribution in [2.24, 2.45) is 11.5 Å². The van der Waals surface area contributed by atoms with Gasteiger partial charge in [0.2, 0.25) is 29.5 Å². The van der Waals surface area contributed by atoms with Gasteiger partial charge < -0.3 is 52.9 Å². The van der Waals surface area contributed by atoms with Crippen molar-refractivity contribution in [1.29, 1.82) is 0 Å². The topological polar surface area (TPSA) is 251 Å². The predicted molar refractivity (Wildman–Crippen MR) is 177 cm³/mol. The zero-order valence-electron chi connectivity index (χ0n) is 27.2. The van der Waals surface area contributed by atoms with Crippen LogP contribution in [0.4, 0.5) is 0 Å². The summed E-state index contributed by atoms with van der Waals surface area (Å²) in [5.74, 6) is -2.97. The number of aliphatic hydroxyl groups excluding tert-OH is 1. The fourth-order valence-electron chi connectivity index (χ4n) is 5.07. The van der Waals surface area contributed by atoms with Gasteiger partial charge in [-0.3, -0.25) is 24.0 Å². The Kier molecular flexibility index (Phi) is 17.1. The summed E-state index contributed by atoms with van der Waals surface area (Å²) in [6.07, 6.45) is 4.95. The SMILES string of the molecule is CC(=O)N[C@@H](CCCCN)C(=O)N[C@@H](Cc1c[nH]c2ccccc12)C(=O)N[C@@H](CCCCN)C(=O)N[C@@H](CCO)C(=O)N[C@@H](C)C=O. The van der Waals surface area contributed by atoms with Gasteiger partial charge in [0, 0.05) is 37.1 Å². The highest BCUT2D eigenvalue weighted by Crippen LogP contribution is 2.19. The minimum absolute atomic E-state index is 0.0629. The van der Waals surface area contributed by atoms with Crippen LogP contribution in [0.1, 0.15) is 64.4 Å². The van der Waals surface area contributed by atoms with Crippen molar-refractivity contribution in [2.45, 2.75) is 95.4 Å². The van der Waals surface area contributed by atoms with Gasteiger partial charge in [0.05, 0.1) is 6.04 Å². The summed E-state index contributed by atoms with van der Waals surface area (Å²) in [4.78, 5) is 79.7. The molecule has 0 saturated carbocycles. The monoisotopic (exact) mass is 658 g/mol. The molecule has 0 aliphatic rings. The normalized spacial score (nSPS) is 14.2. The van der Waals surface area contributed by atoms with Gasteiger partial charge in [-0.05, 0) is 76.6 Å². The third kappa shape index (κ3) is 13.1. The molecule has 0 fully saturated rings. The average molecular weight is 659 g/mol. The Balaban J connectivity index is 2.36. The molecule has 0 unspecified atom stereocenters. The number of fused-ring (bicyclic) bond motifs is 1. The van der Waals surface area contributed by atoms with Gasteiger partial charge in [0.25, 0.3) is 0 Å². The molecule has 1 heterocycles. The van der Waals surface area contributed by atoms with Crippen LogP contribution in [0, 0.1) is 0 Å². The van der Waals surface area contributed by atoms with Crippen LogP contribution >= 0.6 is 0 Å². The molecule has 0 spiro atoms. The molecule has 0 aliphatic carbocycles. The number of nitrogens with one attached hydrogen (secondary N) is 6. The van der Waals surface area contributed by atoms with Gasteiger partial charge >= 0.3 is 0 Å². The second kappa shape index (κ2) is 20.7. The number of hydrogen-bond acceptors (Lipinski definition) is 9. The van der Waals surface area contributed by atoms with Crippen molar-refractivity contribution < 1.29 is 33.9 Å². The highest BCUT2D eigenvalue weighted by atomic mass is 16.3. The number of rotatable bonds is 22. The maximum absolute atomic E-state index is 13.9. The van der Waals surface area contributed by atoms with Crippen molar-refractivity contribution in [3.63, 3.8) is 0 Å². The molecule has 2 aromatic rings. The Labute approximate surface area is 274 Å². The lowest BCUT2D eigenvalue weighted by Crippen LogP contribution is -2.59. The summed E-state index contributed by atoms with van der Waals surface area (Å²) in [7, 11) is 0. The third-order valence-corrected chi connectivity index (χ3v) is 7.58. The number of H-pyrrole nitrogens is 1. The summed E-state index contributed by atoms with van der Waals surface area (Å²) >= 11 is 0. The van der Waals surface area contributed by atoms with E-state index in [9.17, 15) is 33.9 Å². The van der Waals surface area contributed by atoms with Crippen LogP contribution in [-0.4, -0.2) is 95.8 Å². The first-order valence-corrected chi connectivity index (χ1v) is 16.0. The molecule has 0 bridgehead atoms. The number of para-hydroxylation sites is 1. The van der Waals surface area contributed by atoms with E-state index >= 15 is 0 Å². The molecule has 11 N–H and O–H groups in total. The molecule has 5 atom stereocenters. The van der Waals surface area contributed by atoms with Crippen LogP contribution in [0.5, 0.6) is 0 Å². The number of hydrogen-bond donors (Lipinski definition) is 9. The van der Waals surface area contributed by atoms with Crippen molar-refractivity contribution in [1.82, 2.24) is 31.6 Å². The summed E-state index contributed by atoms with van der Waals surface area (Å²) < 4.78 is 0. The molecule has 5 amide bonds. The van der Waals surface area contributed by atoms with E-state index in [0.29, 0.717) is 51.5 Å². The van der Waals surface area contributed by atoms with Gasteiger partial charge in [-0.25, -0.2) is 0 Å². The number of benzene rings is 1. The Morgan fingerprint density at radius 2 is 1.28 bits per heavy atom. The van der Waals surface area contributed by atoms with Gasteiger partial charge in [-0.2, -0.15) is 0 Å². The lowest BCUT2D eigenvalue weighted by molar-refractivity contribution is -0.135. The molecule has 15 heteroatoms. The minimum Gasteiger partial charge on any atom is -0.396 e. The lowest BCUT2D eigenvalue weighted by atomic mass is 10.0. The molecule has 0 saturated heterocycles. The fraction of sp³-hybridized carbons (Fsp3) is 0.562. The van der Waals surface area contributed by atoms with Gasteiger partial charge in [0.1, 0.15) is 30.5 Å². The van der Waals surface area contributed by atoms with E-state index in [1.807, 2.05) is 24.3 Å².